The van der Waals surface area contributed by atoms with E-state index in [1.54, 1.807) is 0 Å². The van der Waals surface area contributed by atoms with Gasteiger partial charge in [-0.3, -0.25) is 0 Å². The molecule has 0 aliphatic carbocycles. The minimum Gasteiger partial charge on any atom is -0.391 e. The second kappa shape index (κ2) is 2.25. The van der Waals surface area contributed by atoms with Crippen LogP contribution in [0, 0.1) is 0 Å². The Bertz CT molecular complexity index is 107. The molecule has 0 bridgehead atoms. The summed E-state index contributed by atoms with van der Waals surface area (Å²) in [5.41, 5.74) is 5.13. The summed E-state index contributed by atoms with van der Waals surface area (Å²) in [6.45, 7) is 2.85. The molecule has 1 aliphatic heterocycles. The molecule has 0 amide bonds. The van der Waals surface area contributed by atoms with E-state index < -0.39 is 0 Å². The highest BCUT2D eigenvalue weighted by Gasteiger charge is 2.33. The van der Waals surface area contributed by atoms with E-state index >= 15 is 0 Å². The van der Waals surface area contributed by atoms with Crippen LogP contribution < -0.4 is 5.73 Å². The van der Waals surface area contributed by atoms with Gasteiger partial charge in [0.15, 0.2) is 0 Å². The number of hydrogen-bond donors (Lipinski definition) is 2. The maximum Gasteiger partial charge on any atom is 0.0802 e. The van der Waals surface area contributed by atoms with Crippen molar-refractivity contribution in [1.82, 2.24) is 0 Å². The lowest BCUT2D eigenvalue weighted by Gasteiger charge is -2.19. The molecule has 2 unspecified atom stereocenters. The van der Waals surface area contributed by atoms with Crippen molar-refractivity contribution in [2.75, 3.05) is 13.2 Å². The minimum atomic E-state index is -0.307. The summed E-state index contributed by atoms with van der Waals surface area (Å²) in [5.74, 6) is 0. The SMILES string of the molecule is CC1(CN)CC(O)CO1. The Morgan fingerprint density at radius 3 is 2.78 bits per heavy atom. The summed E-state index contributed by atoms with van der Waals surface area (Å²) in [5, 5.41) is 9.02. The quantitative estimate of drug-likeness (QED) is 0.503. The highest BCUT2D eigenvalue weighted by molar-refractivity contribution is 4.85. The van der Waals surface area contributed by atoms with Gasteiger partial charge >= 0.3 is 0 Å². The lowest BCUT2D eigenvalue weighted by molar-refractivity contribution is 0.0229. The lowest BCUT2D eigenvalue weighted by atomic mass is 10.0. The molecule has 1 fully saturated rings. The predicted octanol–water partition coefficient (Wildman–Crippen LogP) is -0.515. The van der Waals surface area contributed by atoms with Crippen molar-refractivity contribution in [2.24, 2.45) is 5.73 Å². The van der Waals surface area contributed by atoms with Gasteiger partial charge in [-0.1, -0.05) is 0 Å². The maximum absolute atomic E-state index is 9.02. The van der Waals surface area contributed by atoms with Gasteiger partial charge in [-0.05, 0) is 6.92 Å². The number of rotatable bonds is 1. The van der Waals surface area contributed by atoms with E-state index in [0.717, 1.165) is 0 Å². The number of nitrogens with two attached hydrogens (primary N) is 1. The fourth-order valence-electron chi connectivity index (χ4n) is 1.06. The lowest BCUT2D eigenvalue weighted by Crippen LogP contribution is -2.33. The van der Waals surface area contributed by atoms with Crippen molar-refractivity contribution in [3.8, 4) is 0 Å². The maximum atomic E-state index is 9.02. The first kappa shape index (κ1) is 6.99. The average Bonchev–Trinajstić information content (AvgIpc) is 2.13. The first-order chi connectivity index (χ1) is 4.16. The van der Waals surface area contributed by atoms with Gasteiger partial charge in [-0.15, -0.1) is 0 Å². The van der Waals surface area contributed by atoms with Crippen LogP contribution in [-0.2, 0) is 4.74 Å². The molecule has 0 saturated carbocycles. The molecular formula is C6H13NO2. The van der Waals surface area contributed by atoms with E-state index in [2.05, 4.69) is 0 Å². The predicted molar refractivity (Wildman–Crippen MR) is 34.0 cm³/mol. The Hall–Kier alpha value is -0.120. The molecule has 1 heterocycles. The molecule has 54 valence electrons. The summed E-state index contributed by atoms with van der Waals surface area (Å²) in [6, 6.07) is 0. The molecule has 1 rings (SSSR count). The van der Waals surface area contributed by atoms with E-state index in [1.165, 1.54) is 0 Å². The van der Waals surface area contributed by atoms with E-state index in [4.69, 9.17) is 15.6 Å². The van der Waals surface area contributed by atoms with Crippen LogP contribution in [0.2, 0.25) is 0 Å². The van der Waals surface area contributed by atoms with Gasteiger partial charge in [0, 0.05) is 13.0 Å². The monoisotopic (exact) mass is 131 g/mol. The van der Waals surface area contributed by atoms with Gasteiger partial charge in [0.1, 0.15) is 0 Å². The van der Waals surface area contributed by atoms with Crippen LogP contribution in [0.3, 0.4) is 0 Å². The molecule has 3 N–H and O–H groups in total. The van der Waals surface area contributed by atoms with Crippen LogP contribution in [0.5, 0.6) is 0 Å². The van der Waals surface area contributed by atoms with Crippen LogP contribution >= 0.6 is 0 Å². The zero-order chi connectivity index (χ0) is 6.91. The summed E-state index contributed by atoms with van der Waals surface area (Å²) in [7, 11) is 0. The molecule has 2 atom stereocenters. The van der Waals surface area contributed by atoms with Crippen molar-refractivity contribution in [1.29, 1.82) is 0 Å². The van der Waals surface area contributed by atoms with Crippen LogP contribution in [0.1, 0.15) is 13.3 Å². The van der Waals surface area contributed by atoms with Gasteiger partial charge in [0.2, 0.25) is 0 Å². The number of aliphatic hydroxyl groups excluding tert-OH is 1. The molecule has 0 aromatic rings. The molecule has 0 aromatic heterocycles. The zero-order valence-corrected chi connectivity index (χ0v) is 5.63. The second-order valence-corrected chi connectivity index (χ2v) is 2.82. The average molecular weight is 131 g/mol. The van der Waals surface area contributed by atoms with Gasteiger partial charge in [-0.25, -0.2) is 0 Å². The zero-order valence-electron chi connectivity index (χ0n) is 5.63. The standard InChI is InChI=1S/C6H13NO2/c1-6(4-7)2-5(8)3-9-6/h5,8H,2-4,7H2,1H3. The van der Waals surface area contributed by atoms with Crippen molar-refractivity contribution in [3.05, 3.63) is 0 Å². The Kier molecular flexibility index (Phi) is 1.75. The number of ether oxygens (including phenoxy) is 1. The van der Waals surface area contributed by atoms with Gasteiger partial charge in [0.25, 0.3) is 0 Å². The van der Waals surface area contributed by atoms with Crippen LogP contribution in [0.4, 0.5) is 0 Å². The third-order valence-electron chi connectivity index (χ3n) is 1.72. The van der Waals surface area contributed by atoms with Crippen LogP contribution in [0.25, 0.3) is 0 Å². The molecule has 0 aromatic carbocycles. The molecule has 0 radical (unpaired) electrons. The Balaban J connectivity index is 2.45. The minimum absolute atomic E-state index is 0.264. The molecule has 1 aliphatic rings. The van der Waals surface area contributed by atoms with E-state index in [-0.39, 0.29) is 11.7 Å². The fraction of sp³-hybridized carbons (Fsp3) is 1.00. The highest BCUT2D eigenvalue weighted by Crippen LogP contribution is 2.23. The topological polar surface area (TPSA) is 55.5 Å². The fourth-order valence-corrected chi connectivity index (χ4v) is 1.06. The molecule has 3 nitrogen and oxygen atoms in total. The number of aliphatic hydroxyl groups is 1. The van der Waals surface area contributed by atoms with Crippen molar-refractivity contribution in [3.63, 3.8) is 0 Å². The summed E-state index contributed by atoms with van der Waals surface area (Å²) in [4.78, 5) is 0. The first-order valence-corrected chi connectivity index (χ1v) is 3.18. The molecular weight excluding hydrogens is 118 g/mol. The second-order valence-electron chi connectivity index (χ2n) is 2.82. The van der Waals surface area contributed by atoms with Crippen LogP contribution in [0.15, 0.2) is 0 Å². The summed E-state index contributed by atoms with van der Waals surface area (Å²) < 4.78 is 5.23. The van der Waals surface area contributed by atoms with E-state index in [0.29, 0.717) is 19.6 Å². The van der Waals surface area contributed by atoms with Crippen molar-refractivity contribution >= 4 is 0 Å². The molecule has 9 heavy (non-hydrogen) atoms. The van der Waals surface area contributed by atoms with E-state index in [9.17, 15) is 0 Å². The Labute approximate surface area is 54.8 Å². The highest BCUT2D eigenvalue weighted by atomic mass is 16.5. The normalized spacial score (nSPS) is 43.7. The smallest absolute Gasteiger partial charge is 0.0802 e. The molecule has 3 heteroatoms. The first-order valence-electron chi connectivity index (χ1n) is 3.18. The van der Waals surface area contributed by atoms with Crippen molar-refractivity contribution in [2.45, 2.75) is 25.0 Å². The molecule has 0 spiro atoms. The van der Waals surface area contributed by atoms with Crippen molar-refractivity contribution < 1.29 is 9.84 Å². The van der Waals surface area contributed by atoms with Gasteiger partial charge in [-0.2, -0.15) is 0 Å². The number of hydrogen-bond acceptors (Lipinski definition) is 3. The van der Waals surface area contributed by atoms with Crippen LogP contribution in [-0.4, -0.2) is 30.0 Å². The third kappa shape index (κ3) is 1.41. The van der Waals surface area contributed by atoms with Gasteiger partial charge < -0.3 is 15.6 Å². The van der Waals surface area contributed by atoms with Gasteiger partial charge in [0.05, 0.1) is 18.3 Å². The largest absolute Gasteiger partial charge is 0.391 e. The Morgan fingerprint density at radius 2 is 2.56 bits per heavy atom. The third-order valence-corrected chi connectivity index (χ3v) is 1.72. The summed E-state index contributed by atoms with van der Waals surface area (Å²) in [6.07, 6.45) is 0.363. The molecule has 1 saturated heterocycles. The summed E-state index contributed by atoms with van der Waals surface area (Å²) >= 11 is 0. The Morgan fingerprint density at radius 1 is 1.89 bits per heavy atom. The van der Waals surface area contributed by atoms with E-state index in [1.807, 2.05) is 6.92 Å².